The lowest BCUT2D eigenvalue weighted by molar-refractivity contribution is -0.118. The van der Waals surface area contributed by atoms with Gasteiger partial charge in [0.2, 0.25) is 5.91 Å². The number of amides is 1. The molecule has 1 heterocycles. The SMILES string of the molecule is CC(C)NC1CCN(c2ccc(Cl)cc2)C1=O. The molecule has 0 bridgehead atoms. The van der Waals surface area contributed by atoms with Crippen LogP contribution in [0, 0.1) is 0 Å². The lowest BCUT2D eigenvalue weighted by atomic mass is 10.2. The maximum atomic E-state index is 12.2. The number of halogens is 1. The van der Waals surface area contributed by atoms with Gasteiger partial charge in [0, 0.05) is 23.3 Å². The molecule has 0 aliphatic carbocycles. The maximum absolute atomic E-state index is 12.2. The van der Waals surface area contributed by atoms with Gasteiger partial charge in [0.1, 0.15) is 0 Å². The summed E-state index contributed by atoms with van der Waals surface area (Å²) in [5, 5.41) is 3.98. The Balaban J connectivity index is 2.09. The van der Waals surface area contributed by atoms with Crippen LogP contribution in [0.5, 0.6) is 0 Å². The van der Waals surface area contributed by atoms with Crippen LogP contribution in [0.1, 0.15) is 20.3 Å². The standard InChI is InChI=1S/C13H17ClN2O/c1-9(2)15-12-7-8-16(13(12)17)11-5-3-10(14)4-6-11/h3-6,9,12,15H,7-8H2,1-2H3. The van der Waals surface area contributed by atoms with E-state index < -0.39 is 0 Å². The molecule has 1 saturated heterocycles. The number of hydrogen-bond acceptors (Lipinski definition) is 2. The summed E-state index contributed by atoms with van der Waals surface area (Å²) < 4.78 is 0. The Morgan fingerprint density at radius 1 is 1.35 bits per heavy atom. The second kappa shape index (κ2) is 5.07. The topological polar surface area (TPSA) is 32.3 Å². The van der Waals surface area contributed by atoms with E-state index >= 15 is 0 Å². The van der Waals surface area contributed by atoms with Crippen molar-refractivity contribution in [2.75, 3.05) is 11.4 Å². The van der Waals surface area contributed by atoms with Gasteiger partial charge in [0.15, 0.2) is 0 Å². The Hall–Kier alpha value is -1.06. The number of benzene rings is 1. The van der Waals surface area contributed by atoms with Crippen LogP contribution >= 0.6 is 11.6 Å². The van der Waals surface area contributed by atoms with Gasteiger partial charge in [-0.2, -0.15) is 0 Å². The highest BCUT2D eigenvalue weighted by Crippen LogP contribution is 2.23. The summed E-state index contributed by atoms with van der Waals surface area (Å²) in [4.78, 5) is 14.0. The molecule has 0 aromatic heterocycles. The second-order valence-electron chi connectivity index (χ2n) is 4.63. The van der Waals surface area contributed by atoms with Crippen molar-refractivity contribution in [3.63, 3.8) is 0 Å². The van der Waals surface area contributed by atoms with E-state index in [1.54, 1.807) is 0 Å². The van der Waals surface area contributed by atoms with E-state index in [2.05, 4.69) is 19.2 Å². The summed E-state index contributed by atoms with van der Waals surface area (Å²) in [7, 11) is 0. The van der Waals surface area contributed by atoms with Crippen molar-refractivity contribution < 1.29 is 4.79 Å². The zero-order valence-corrected chi connectivity index (χ0v) is 10.9. The van der Waals surface area contributed by atoms with Gasteiger partial charge >= 0.3 is 0 Å². The van der Waals surface area contributed by atoms with E-state index in [1.165, 1.54) is 0 Å². The van der Waals surface area contributed by atoms with Crippen LogP contribution in [0.2, 0.25) is 5.02 Å². The van der Waals surface area contributed by atoms with Crippen LogP contribution < -0.4 is 10.2 Å². The number of anilines is 1. The fraction of sp³-hybridized carbons (Fsp3) is 0.462. The highest BCUT2D eigenvalue weighted by molar-refractivity contribution is 6.30. The average molecular weight is 253 g/mol. The molecular weight excluding hydrogens is 236 g/mol. The van der Waals surface area contributed by atoms with Crippen molar-refractivity contribution >= 4 is 23.2 Å². The fourth-order valence-corrected chi connectivity index (χ4v) is 2.24. The Bertz CT molecular complexity index is 402. The molecule has 0 saturated carbocycles. The van der Waals surface area contributed by atoms with Crippen LogP contribution in [0.15, 0.2) is 24.3 Å². The summed E-state index contributed by atoms with van der Waals surface area (Å²) in [6.07, 6.45) is 0.861. The van der Waals surface area contributed by atoms with Crippen LogP contribution in [-0.4, -0.2) is 24.5 Å². The molecule has 92 valence electrons. The summed E-state index contributed by atoms with van der Waals surface area (Å²) in [6, 6.07) is 7.68. The zero-order chi connectivity index (χ0) is 12.4. The minimum Gasteiger partial charge on any atom is -0.311 e. The summed E-state index contributed by atoms with van der Waals surface area (Å²) in [5.74, 6) is 0.154. The van der Waals surface area contributed by atoms with Crippen LogP contribution in [0.3, 0.4) is 0 Å². The first kappa shape index (κ1) is 12.4. The molecule has 1 fully saturated rings. The Kier molecular flexibility index (Phi) is 3.69. The largest absolute Gasteiger partial charge is 0.311 e. The molecule has 0 radical (unpaired) electrons. The number of nitrogens with one attached hydrogen (secondary N) is 1. The van der Waals surface area contributed by atoms with E-state index in [0.717, 1.165) is 18.7 Å². The van der Waals surface area contributed by atoms with E-state index in [4.69, 9.17) is 11.6 Å². The minimum atomic E-state index is -0.0503. The molecule has 1 aromatic rings. The second-order valence-corrected chi connectivity index (χ2v) is 5.07. The quantitative estimate of drug-likeness (QED) is 0.896. The maximum Gasteiger partial charge on any atom is 0.244 e. The number of nitrogens with zero attached hydrogens (tertiary/aromatic N) is 1. The third-order valence-electron chi connectivity index (χ3n) is 2.88. The first-order chi connectivity index (χ1) is 8.08. The van der Waals surface area contributed by atoms with Gasteiger partial charge in [-0.05, 0) is 30.7 Å². The molecule has 1 N–H and O–H groups in total. The van der Waals surface area contributed by atoms with Crippen molar-refractivity contribution in [3.05, 3.63) is 29.3 Å². The minimum absolute atomic E-state index is 0.0503. The molecule has 0 spiro atoms. The first-order valence-electron chi connectivity index (χ1n) is 5.91. The normalized spacial score (nSPS) is 20.4. The van der Waals surface area contributed by atoms with Crippen molar-refractivity contribution in [2.45, 2.75) is 32.4 Å². The molecule has 17 heavy (non-hydrogen) atoms. The van der Waals surface area contributed by atoms with Gasteiger partial charge in [-0.25, -0.2) is 0 Å². The molecule has 1 atom stereocenters. The smallest absolute Gasteiger partial charge is 0.244 e. The number of hydrogen-bond donors (Lipinski definition) is 1. The molecule has 2 rings (SSSR count). The fourth-order valence-electron chi connectivity index (χ4n) is 2.11. The highest BCUT2D eigenvalue weighted by Gasteiger charge is 2.32. The third kappa shape index (κ3) is 2.79. The van der Waals surface area contributed by atoms with Gasteiger partial charge in [0.25, 0.3) is 0 Å². The molecule has 1 aromatic carbocycles. The first-order valence-corrected chi connectivity index (χ1v) is 6.28. The predicted molar refractivity (Wildman–Crippen MR) is 70.5 cm³/mol. The summed E-state index contributed by atoms with van der Waals surface area (Å²) in [5.41, 5.74) is 0.924. The molecule has 1 unspecified atom stereocenters. The van der Waals surface area contributed by atoms with Crippen molar-refractivity contribution in [2.24, 2.45) is 0 Å². The van der Waals surface area contributed by atoms with Crippen molar-refractivity contribution in [3.8, 4) is 0 Å². The van der Waals surface area contributed by atoms with Crippen LogP contribution in [0.4, 0.5) is 5.69 Å². The van der Waals surface area contributed by atoms with Gasteiger partial charge in [0.05, 0.1) is 6.04 Å². The number of carbonyl (C=O) groups is 1. The lowest BCUT2D eigenvalue weighted by Gasteiger charge is -2.18. The van der Waals surface area contributed by atoms with Crippen molar-refractivity contribution in [1.29, 1.82) is 0 Å². The van der Waals surface area contributed by atoms with Crippen molar-refractivity contribution in [1.82, 2.24) is 5.32 Å². The molecule has 1 aliphatic rings. The summed E-state index contributed by atoms with van der Waals surface area (Å²) >= 11 is 5.84. The van der Waals surface area contributed by atoms with Crippen LogP contribution in [-0.2, 0) is 4.79 Å². The molecular formula is C13H17ClN2O. The number of rotatable bonds is 3. The monoisotopic (exact) mass is 252 g/mol. The average Bonchev–Trinajstić information content (AvgIpc) is 2.61. The Morgan fingerprint density at radius 3 is 2.59 bits per heavy atom. The highest BCUT2D eigenvalue weighted by atomic mass is 35.5. The zero-order valence-electron chi connectivity index (χ0n) is 10.1. The Labute approximate surface area is 107 Å². The van der Waals surface area contributed by atoms with E-state index in [-0.39, 0.29) is 11.9 Å². The van der Waals surface area contributed by atoms with Gasteiger partial charge in [-0.1, -0.05) is 25.4 Å². The van der Waals surface area contributed by atoms with Crippen LogP contribution in [0.25, 0.3) is 0 Å². The third-order valence-corrected chi connectivity index (χ3v) is 3.13. The number of carbonyl (C=O) groups excluding carboxylic acids is 1. The van der Waals surface area contributed by atoms with E-state index in [0.29, 0.717) is 11.1 Å². The van der Waals surface area contributed by atoms with Gasteiger partial charge in [-0.3, -0.25) is 4.79 Å². The lowest BCUT2D eigenvalue weighted by Crippen LogP contribution is -2.41. The van der Waals surface area contributed by atoms with E-state index in [1.807, 2.05) is 29.2 Å². The molecule has 1 amide bonds. The molecule has 1 aliphatic heterocycles. The van der Waals surface area contributed by atoms with Gasteiger partial charge < -0.3 is 10.2 Å². The molecule has 4 heteroatoms. The predicted octanol–water partition coefficient (Wildman–Crippen LogP) is 2.44. The molecule has 3 nitrogen and oxygen atoms in total. The van der Waals surface area contributed by atoms with Gasteiger partial charge in [-0.15, -0.1) is 0 Å². The van der Waals surface area contributed by atoms with E-state index in [9.17, 15) is 4.79 Å². The Morgan fingerprint density at radius 2 is 2.00 bits per heavy atom. The summed E-state index contributed by atoms with van der Waals surface area (Å²) in [6.45, 7) is 4.88.